The summed E-state index contributed by atoms with van der Waals surface area (Å²) in [6, 6.07) is 4.08. The molecule has 0 aliphatic carbocycles. The number of halogens is 1. The highest BCUT2D eigenvalue weighted by atomic mass is 79.9. The van der Waals surface area contributed by atoms with Crippen molar-refractivity contribution in [1.29, 1.82) is 0 Å². The molecule has 1 nitrogen and oxygen atoms in total. The molecule has 92 valence electrons. The van der Waals surface area contributed by atoms with Gasteiger partial charge in [0.1, 0.15) is 4.60 Å². The second kappa shape index (κ2) is 8.24. The number of pyridine rings is 1. The molecule has 0 atom stereocenters. The van der Waals surface area contributed by atoms with E-state index in [1.54, 1.807) is 0 Å². The van der Waals surface area contributed by atoms with E-state index in [0.717, 1.165) is 11.0 Å². The molecule has 17 heavy (non-hydrogen) atoms. The normalized spacial score (nSPS) is 12.3. The molecule has 0 saturated carbocycles. The molecule has 2 heteroatoms. The van der Waals surface area contributed by atoms with Crippen molar-refractivity contribution in [1.82, 2.24) is 4.98 Å². The van der Waals surface area contributed by atoms with Crippen molar-refractivity contribution in [2.24, 2.45) is 0 Å². The summed E-state index contributed by atoms with van der Waals surface area (Å²) in [7, 11) is 0. The molecule has 0 radical (unpaired) electrons. The Hall–Kier alpha value is -0.890. The SMILES string of the molecule is C/C=C\C(=C/CCCCC)c1ccc(Br)nc1. The van der Waals surface area contributed by atoms with Gasteiger partial charge in [-0.3, -0.25) is 0 Å². The maximum atomic E-state index is 4.27. The first-order valence-electron chi connectivity index (χ1n) is 6.22. The Balaban J connectivity index is 2.74. The Morgan fingerprint density at radius 1 is 1.35 bits per heavy atom. The molecule has 1 heterocycles. The standard InChI is InChI=1S/C15H20BrN/c1-3-5-6-7-9-13(8-4-2)14-10-11-15(16)17-12-14/h4,8-12H,3,5-7H2,1-2H3/b8-4-,13-9+. The highest BCUT2D eigenvalue weighted by Gasteiger charge is 1.98. The van der Waals surface area contributed by atoms with Crippen LogP contribution in [-0.2, 0) is 0 Å². The van der Waals surface area contributed by atoms with E-state index in [1.165, 1.54) is 30.4 Å². The van der Waals surface area contributed by atoms with Crippen molar-refractivity contribution in [2.45, 2.75) is 39.5 Å². The minimum atomic E-state index is 0.882. The summed E-state index contributed by atoms with van der Waals surface area (Å²) in [4.78, 5) is 4.27. The maximum absolute atomic E-state index is 4.27. The van der Waals surface area contributed by atoms with Crippen LogP contribution in [0, 0.1) is 0 Å². The van der Waals surface area contributed by atoms with Gasteiger partial charge in [0.2, 0.25) is 0 Å². The van der Waals surface area contributed by atoms with Gasteiger partial charge in [-0.2, -0.15) is 0 Å². The molecule has 0 N–H and O–H groups in total. The molecule has 0 aromatic carbocycles. The highest BCUT2D eigenvalue weighted by Crippen LogP contribution is 2.18. The van der Waals surface area contributed by atoms with Gasteiger partial charge in [0.05, 0.1) is 0 Å². The number of hydrogen-bond donors (Lipinski definition) is 0. The van der Waals surface area contributed by atoms with Gasteiger partial charge in [0.25, 0.3) is 0 Å². The number of rotatable bonds is 6. The molecule has 0 spiro atoms. The fraction of sp³-hybridized carbons (Fsp3) is 0.400. The predicted molar refractivity (Wildman–Crippen MR) is 78.9 cm³/mol. The second-order valence-electron chi connectivity index (χ2n) is 4.02. The molecule has 0 bridgehead atoms. The van der Waals surface area contributed by atoms with Crippen LogP contribution in [0.3, 0.4) is 0 Å². The lowest BCUT2D eigenvalue weighted by Gasteiger charge is -2.03. The minimum Gasteiger partial charge on any atom is -0.249 e. The zero-order chi connectivity index (χ0) is 12.5. The highest BCUT2D eigenvalue weighted by molar-refractivity contribution is 9.10. The van der Waals surface area contributed by atoms with Gasteiger partial charge in [0.15, 0.2) is 0 Å². The molecular weight excluding hydrogens is 274 g/mol. The van der Waals surface area contributed by atoms with Crippen LogP contribution in [0.1, 0.15) is 45.1 Å². The van der Waals surface area contributed by atoms with Crippen LogP contribution in [0.2, 0.25) is 0 Å². The zero-order valence-corrected chi connectivity index (χ0v) is 12.2. The van der Waals surface area contributed by atoms with Gasteiger partial charge in [-0.05, 0) is 52.9 Å². The summed E-state index contributed by atoms with van der Waals surface area (Å²) in [5.41, 5.74) is 2.45. The quantitative estimate of drug-likeness (QED) is 0.390. The van der Waals surface area contributed by atoms with Gasteiger partial charge in [-0.25, -0.2) is 4.98 Å². The monoisotopic (exact) mass is 293 g/mol. The van der Waals surface area contributed by atoms with Crippen molar-refractivity contribution in [3.63, 3.8) is 0 Å². The maximum Gasteiger partial charge on any atom is 0.106 e. The lowest BCUT2D eigenvalue weighted by atomic mass is 10.0. The molecule has 0 saturated heterocycles. The molecule has 0 aliphatic heterocycles. The Labute approximate surface area is 113 Å². The summed E-state index contributed by atoms with van der Waals surface area (Å²) in [5.74, 6) is 0. The third-order valence-electron chi connectivity index (χ3n) is 2.58. The largest absolute Gasteiger partial charge is 0.249 e. The van der Waals surface area contributed by atoms with Gasteiger partial charge < -0.3 is 0 Å². The van der Waals surface area contributed by atoms with E-state index >= 15 is 0 Å². The van der Waals surface area contributed by atoms with Gasteiger partial charge in [-0.1, -0.05) is 44.1 Å². The van der Waals surface area contributed by atoms with Crippen LogP contribution < -0.4 is 0 Å². The van der Waals surface area contributed by atoms with Crippen molar-refractivity contribution >= 4 is 21.5 Å². The number of hydrogen-bond acceptors (Lipinski definition) is 1. The fourth-order valence-electron chi connectivity index (χ4n) is 1.66. The first kappa shape index (κ1) is 14.2. The average molecular weight is 294 g/mol. The smallest absolute Gasteiger partial charge is 0.106 e. The summed E-state index contributed by atoms with van der Waals surface area (Å²) in [6.45, 7) is 4.28. The van der Waals surface area contributed by atoms with E-state index in [4.69, 9.17) is 0 Å². The third kappa shape index (κ3) is 5.31. The number of nitrogens with zero attached hydrogens (tertiary/aromatic N) is 1. The number of unbranched alkanes of at least 4 members (excludes halogenated alkanes) is 3. The molecule has 0 amide bonds. The molecule has 1 aromatic rings. The molecule has 0 aliphatic rings. The summed E-state index contributed by atoms with van der Waals surface area (Å²) >= 11 is 3.36. The van der Waals surface area contributed by atoms with E-state index in [1.807, 2.05) is 19.2 Å². The van der Waals surface area contributed by atoms with Crippen LogP contribution in [0.5, 0.6) is 0 Å². The Bertz CT molecular complexity index is 376. The molecular formula is C15H20BrN. The van der Waals surface area contributed by atoms with Gasteiger partial charge >= 0.3 is 0 Å². The van der Waals surface area contributed by atoms with Crippen LogP contribution in [-0.4, -0.2) is 4.98 Å². The van der Waals surface area contributed by atoms with E-state index in [-0.39, 0.29) is 0 Å². The third-order valence-corrected chi connectivity index (χ3v) is 3.05. The first-order valence-corrected chi connectivity index (χ1v) is 7.02. The zero-order valence-electron chi connectivity index (χ0n) is 10.6. The van der Waals surface area contributed by atoms with Crippen LogP contribution in [0.25, 0.3) is 5.57 Å². The van der Waals surface area contributed by atoms with E-state index in [2.05, 4.69) is 52.1 Å². The topological polar surface area (TPSA) is 12.9 Å². The Morgan fingerprint density at radius 2 is 2.18 bits per heavy atom. The Kier molecular flexibility index (Phi) is 6.87. The van der Waals surface area contributed by atoms with E-state index < -0.39 is 0 Å². The minimum absolute atomic E-state index is 0.882. The second-order valence-corrected chi connectivity index (χ2v) is 4.84. The van der Waals surface area contributed by atoms with Crippen molar-refractivity contribution in [3.05, 3.63) is 46.7 Å². The lowest BCUT2D eigenvalue weighted by Crippen LogP contribution is -1.84. The van der Waals surface area contributed by atoms with E-state index in [9.17, 15) is 0 Å². The van der Waals surface area contributed by atoms with Crippen LogP contribution in [0.4, 0.5) is 0 Å². The summed E-state index contributed by atoms with van der Waals surface area (Å²) in [5, 5.41) is 0. The van der Waals surface area contributed by atoms with Crippen LogP contribution in [0.15, 0.2) is 41.2 Å². The van der Waals surface area contributed by atoms with Crippen molar-refractivity contribution in [2.75, 3.05) is 0 Å². The summed E-state index contributed by atoms with van der Waals surface area (Å²) in [6.07, 6.45) is 13.4. The summed E-state index contributed by atoms with van der Waals surface area (Å²) < 4.78 is 0.882. The van der Waals surface area contributed by atoms with Crippen molar-refractivity contribution < 1.29 is 0 Å². The predicted octanol–water partition coefficient (Wildman–Crippen LogP) is 5.38. The molecule has 0 fully saturated rings. The van der Waals surface area contributed by atoms with Gasteiger partial charge in [0, 0.05) is 6.20 Å². The number of aromatic nitrogens is 1. The lowest BCUT2D eigenvalue weighted by molar-refractivity contribution is 0.730. The molecule has 0 unspecified atom stereocenters. The Morgan fingerprint density at radius 3 is 2.76 bits per heavy atom. The fourth-order valence-corrected chi connectivity index (χ4v) is 1.89. The average Bonchev–Trinajstić information content (AvgIpc) is 2.34. The molecule has 1 aromatic heterocycles. The van der Waals surface area contributed by atoms with E-state index in [0.29, 0.717) is 0 Å². The van der Waals surface area contributed by atoms with Crippen molar-refractivity contribution in [3.8, 4) is 0 Å². The molecule has 1 rings (SSSR count). The number of allylic oxidation sites excluding steroid dienone is 4. The van der Waals surface area contributed by atoms with Crippen LogP contribution >= 0.6 is 15.9 Å². The van der Waals surface area contributed by atoms with Gasteiger partial charge in [-0.15, -0.1) is 0 Å². The first-order chi connectivity index (χ1) is 8.27.